The zero-order chi connectivity index (χ0) is 29.1. The minimum absolute atomic E-state index is 0.0497. The second kappa shape index (κ2) is 8.83. The van der Waals surface area contributed by atoms with E-state index in [0.29, 0.717) is 24.8 Å². The average molecular weight is 554 g/mol. The van der Waals surface area contributed by atoms with Gasteiger partial charge in [-0.3, -0.25) is 4.79 Å². The molecule has 5 aliphatic carbocycles. The minimum atomic E-state index is -0.841. The number of nitrogens with zero attached hydrogens (tertiary/aromatic N) is 1. The van der Waals surface area contributed by atoms with Crippen LogP contribution in [-0.2, 0) is 9.59 Å². The normalized spacial score (nSPS) is 47.5. The molecule has 5 nitrogen and oxygen atoms in total. The van der Waals surface area contributed by atoms with Crippen LogP contribution in [0.3, 0.4) is 0 Å². The number of amides is 1. The average Bonchev–Trinajstić information content (AvgIpc) is 3.37. The molecule has 0 aromatic rings. The van der Waals surface area contributed by atoms with E-state index in [0.717, 1.165) is 57.8 Å². The van der Waals surface area contributed by atoms with Gasteiger partial charge in [0.1, 0.15) is 6.04 Å². The van der Waals surface area contributed by atoms with E-state index < -0.39 is 17.4 Å². The highest BCUT2D eigenvalue weighted by Gasteiger charge is 2.68. The first-order valence-corrected chi connectivity index (χ1v) is 16.5. The summed E-state index contributed by atoms with van der Waals surface area (Å²) >= 11 is 0. The van der Waals surface area contributed by atoms with Crippen molar-refractivity contribution in [1.29, 1.82) is 0 Å². The molecule has 6 rings (SSSR count). The highest BCUT2D eigenvalue weighted by Crippen LogP contribution is 2.75. The minimum Gasteiger partial charge on any atom is -0.480 e. The second-order valence-electron chi connectivity index (χ2n) is 17.2. The molecule has 8 atom stereocenters. The molecule has 1 aliphatic heterocycles. The first-order valence-electron chi connectivity index (χ1n) is 16.5. The van der Waals surface area contributed by atoms with E-state index in [1.807, 2.05) is 0 Å². The van der Waals surface area contributed by atoms with Gasteiger partial charge in [-0.1, -0.05) is 59.6 Å². The lowest BCUT2D eigenvalue weighted by Crippen LogP contribution is -2.64. The van der Waals surface area contributed by atoms with Crippen LogP contribution in [0.1, 0.15) is 132 Å². The standard InChI is InChI=1S/C35H55NO4/c1-30(2)16-18-35(29(40)36-20-8-9-24(36)28(38)39)19-17-33(6)22(23(35)21-30)10-11-26-32(5)14-13-27(37)31(3,4)25(32)12-15-34(26,33)7/h24-27,37H,8-21H2,1-7H3,(H,38,39)/t24-,25-,26+,27?,32-,33+,34+,35-/m0/s1. The van der Waals surface area contributed by atoms with Gasteiger partial charge in [-0.15, -0.1) is 0 Å². The van der Waals surface area contributed by atoms with E-state index in [-0.39, 0.29) is 39.1 Å². The number of aliphatic hydroxyl groups is 1. The number of carbonyl (C=O) groups excluding carboxylic acids is 1. The number of hydrogen-bond donors (Lipinski definition) is 2. The van der Waals surface area contributed by atoms with Crippen LogP contribution in [0.4, 0.5) is 0 Å². The highest BCUT2D eigenvalue weighted by molar-refractivity contribution is 5.91. The highest BCUT2D eigenvalue weighted by atomic mass is 16.4. The zero-order valence-electron chi connectivity index (χ0n) is 26.4. The molecule has 1 heterocycles. The van der Waals surface area contributed by atoms with Gasteiger partial charge in [0.2, 0.25) is 5.91 Å². The lowest BCUT2D eigenvalue weighted by molar-refractivity contribution is -0.205. The summed E-state index contributed by atoms with van der Waals surface area (Å²) < 4.78 is 0. The summed E-state index contributed by atoms with van der Waals surface area (Å²) in [5, 5.41) is 21.0. The van der Waals surface area contributed by atoms with Crippen molar-refractivity contribution >= 4 is 11.9 Å². The van der Waals surface area contributed by atoms with Gasteiger partial charge in [-0.25, -0.2) is 4.79 Å². The van der Waals surface area contributed by atoms with Crippen molar-refractivity contribution in [2.45, 2.75) is 144 Å². The third kappa shape index (κ3) is 3.60. The van der Waals surface area contributed by atoms with Crippen molar-refractivity contribution < 1.29 is 19.8 Å². The Balaban J connectivity index is 1.44. The molecule has 40 heavy (non-hydrogen) atoms. The molecule has 0 radical (unpaired) electrons. The van der Waals surface area contributed by atoms with E-state index in [1.54, 1.807) is 10.5 Å². The van der Waals surface area contributed by atoms with Crippen molar-refractivity contribution in [3.63, 3.8) is 0 Å². The quantitative estimate of drug-likeness (QED) is 0.350. The van der Waals surface area contributed by atoms with Crippen molar-refractivity contribution in [3.05, 3.63) is 11.1 Å². The van der Waals surface area contributed by atoms with E-state index in [9.17, 15) is 19.8 Å². The second-order valence-corrected chi connectivity index (χ2v) is 17.2. The number of likely N-dealkylation sites (tertiary alicyclic amines) is 1. The number of aliphatic hydroxyl groups excluding tert-OH is 1. The van der Waals surface area contributed by atoms with Crippen molar-refractivity contribution in [1.82, 2.24) is 4.90 Å². The molecule has 1 saturated heterocycles. The van der Waals surface area contributed by atoms with Crippen molar-refractivity contribution in [2.75, 3.05) is 6.54 Å². The van der Waals surface area contributed by atoms with Crippen LogP contribution in [0.15, 0.2) is 11.1 Å². The molecule has 5 fully saturated rings. The molecule has 5 heteroatoms. The zero-order valence-corrected chi connectivity index (χ0v) is 26.4. The number of carboxylic acid groups (broad SMARTS) is 1. The number of aliphatic carboxylic acids is 1. The molecule has 0 aromatic heterocycles. The molecular formula is C35H55NO4. The maximum absolute atomic E-state index is 14.6. The number of fused-ring (bicyclic) bond motifs is 6. The maximum atomic E-state index is 14.6. The predicted molar refractivity (Wildman–Crippen MR) is 157 cm³/mol. The van der Waals surface area contributed by atoms with Crippen LogP contribution in [0.2, 0.25) is 0 Å². The Kier molecular flexibility index (Phi) is 6.35. The van der Waals surface area contributed by atoms with Gasteiger partial charge in [0.15, 0.2) is 0 Å². The van der Waals surface area contributed by atoms with Crippen LogP contribution in [-0.4, -0.2) is 45.7 Å². The van der Waals surface area contributed by atoms with Crippen molar-refractivity contribution in [2.24, 2.45) is 44.3 Å². The van der Waals surface area contributed by atoms with Gasteiger partial charge in [-0.05, 0) is 122 Å². The van der Waals surface area contributed by atoms with Crippen LogP contribution in [0.25, 0.3) is 0 Å². The van der Waals surface area contributed by atoms with Gasteiger partial charge in [0, 0.05) is 6.54 Å². The fraction of sp³-hybridized carbons (Fsp3) is 0.886. The van der Waals surface area contributed by atoms with Crippen LogP contribution < -0.4 is 0 Å². The fourth-order valence-corrected chi connectivity index (χ4v) is 12.1. The molecule has 0 spiro atoms. The predicted octanol–water partition coefficient (Wildman–Crippen LogP) is 7.37. The van der Waals surface area contributed by atoms with Gasteiger partial charge < -0.3 is 15.1 Å². The summed E-state index contributed by atoms with van der Waals surface area (Å²) in [7, 11) is 0. The number of rotatable bonds is 2. The number of allylic oxidation sites excluding steroid dienone is 1. The number of carboxylic acids is 1. The maximum Gasteiger partial charge on any atom is 0.326 e. The van der Waals surface area contributed by atoms with Gasteiger partial charge >= 0.3 is 5.97 Å². The third-order valence-corrected chi connectivity index (χ3v) is 14.7. The molecule has 224 valence electrons. The van der Waals surface area contributed by atoms with Crippen LogP contribution in [0, 0.1) is 44.3 Å². The summed E-state index contributed by atoms with van der Waals surface area (Å²) in [6.45, 7) is 17.7. The Bertz CT molecular complexity index is 1140. The molecular weight excluding hydrogens is 498 g/mol. The first-order chi connectivity index (χ1) is 18.5. The van der Waals surface area contributed by atoms with Gasteiger partial charge in [-0.2, -0.15) is 0 Å². The van der Waals surface area contributed by atoms with Crippen LogP contribution in [0.5, 0.6) is 0 Å². The summed E-state index contributed by atoms with van der Waals surface area (Å²) in [6.07, 6.45) is 12.6. The fourth-order valence-electron chi connectivity index (χ4n) is 12.1. The molecule has 1 amide bonds. The SMILES string of the molecule is CC1(C)CC[C@]2(C(=O)N3CCC[C@H]3C(=O)O)CC[C@]3(C)C(=C2C1)CC[C@@H]1[C@@]2(C)CCC(O)C(C)(C)[C@@H]2CC[C@]13C. The third-order valence-electron chi connectivity index (χ3n) is 14.7. The number of hydrogen-bond acceptors (Lipinski definition) is 3. The summed E-state index contributed by atoms with van der Waals surface area (Å²) in [4.78, 5) is 28.5. The first kappa shape index (κ1) is 28.7. The Morgan fingerprint density at radius 1 is 0.800 bits per heavy atom. The van der Waals surface area contributed by atoms with Gasteiger partial charge in [0.25, 0.3) is 0 Å². The Hall–Kier alpha value is -1.36. The topological polar surface area (TPSA) is 77.8 Å². The summed E-state index contributed by atoms with van der Waals surface area (Å²) in [6, 6.07) is -0.662. The largest absolute Gasteiger partial charge is 0.480 e. The molecule has 0 bridgehead atoms. The van der Waals surface area contributed by atoms with E-state index in [4.69, 9.17) is 0 Å². The van der Waals surface area contributed by atoms with Crippen molar-refractivity contribution in [3.8, 4) is 0 Å². The Morgan fingerprint density at radius 2 is 1.50 bits per heavy atom. The van der Waals surface area contributed by atoms with Crippen LogP contribution >= 0.6 is 0 Å². The molecule has 2 N–H and O–H groups in total. The summed E-state index contributed by atoms with van der Waals surface area (Å²) in [5.74, 6) is 0.450. The lowest BCUT2D eigenvalue weighted by Gasteiger charge is -2.71. The Morgan fingerprint density at radius 3 is 2.20 bits per heavy atom. The lowest BCUT2D eigenvalue weighted by atomic mass is 9.34. The molecule has 4 saturated carbocycles. The summed E-state index contributed by atoms with van der Waals surface area (Å²) in [5.41, 5.74) is 3.07. The molecule has 0 aromatic carbocycles. The van der Waals surface area contributed by atoms with E-state index in [1.165, 1.54) is 24.8 Å². The number of carbonyl (C=O) groups is 2. The van der Waals surface area contributed by atoms with Gasteiger partial charge in [0.05, 0.1) is 11.5 Å². The smallest absolute Gasteiger partial charge is 0.326 e. The van der Waals surface area contributed by atoms with E-state index in [2.05, 4.69) is 48.5 Å². The monoisotopic (exact) mass is 553 g/mol. The molecule has 6 aliphatic rings. The Labute approximate surface area is 242 Å². The molecule has 1 unspecified atom stereocenters. The van der Waals surface area contributed by atoms with E-state index >= 15 is 0 Å².